The van der Waals surface area contributed by atoms with Crippen LogP contribution in [-0.4, -0.2) is 35.6 Å². The SMILES string of the molecule is CN(C)C(C)(Cc1ccc(Cl)cc1)C(=O)O. The summed E-state index contributed by atoms with van der Waals surface area (Å²) in [5.74, 6) is -0.826. The number of halogens is 1. The van der Waals surface area contributed by atoms with Crippen molar-refractivity contribution in [2.45, 2.75) is 18.9 Å². The summed E-state index contributed by atoms with van der Waals surface area (Å²) < 4.78 is 0. The average Bonchev–Trinajstić information content (AvgIpc) is 2.20. The van der Waals surface area contributed by atoms with Gasteiger partial charge in [0.15, 0.2) is 0 Å². The van der Waals surface area contributed by atoms with Crippen LogP contribution in [0.25, 0.3) is 0 Å². The largest absolute Gasteiger partial charge is 0.480 e. The first-order valence-corrected chi connectivity index (χ1v) is 5.39. The van der Waals surface area contributed by atoms with Crippen molar-refractivity contribution in [3.8, 4) is 0 Å². The zero-order chi connectivity index (χ0) is 12.3. The molecule has 0 spiro atoms. The summed E-state index contributed by atoms with van der Waals surface area (Å²) in [4.78, 5) is 13.0. The molecule has 0 heterocycles. The Morgan fingerprint density at radius 3 is 2.25 bits per heavy atom. The highest BCUT2D eigenvalue weighted by Gasteiger charge is 2.35. The second-order valence-electron chi connectivity index (χ2n) is 4.28. The topological polar surface area (TPSA) is 40.5 Å². The first-order valence-electron chi connectivity index (χ1n) is 5.01. The molecule has 0 bridgehead atoms. The van der Waals surface area contributed by atoms with Crippen LogP contribution in [0, 0.1) is 0 Å². The van der Waals surface area contributed by atoms with Gasteiger partial charge in [0.05, 0.1) is 0 Å². The van der Waals surface area contributed by atoms with E-state index in [0.29, 0.717) is 11.4 Å². The van der Waals surface area contributed by atoms with E-state index in [1.165, 1.54) is 0 Å². The molecule has 1 N–H and O–H groups in total. The van der Waals surface area contributed by atoms with Gasteiger partial charge in [-0.25, -0.2) is 0 Å². The van der Waals surface area contributed by atoms with E-state index in [9.17, 15) is 9.90 Å². The van der Waals surface area contributed by atoms with E-state index < -0.39 is 11.5 Å². The zero-order valence-corrected chi connectivity index (χ0v) is 10.5. The normalized spacial score (nSPS) is 14.8. The molecule has 0 aliphatic rings. The Balaban J connectivity index is 2.93. The summed E-state index contributed by atoms with van der Waals surface area (Å²) in [5, 5.41) is 9.91. The predicted octanol–water partition coefficient (Wildman–Crippen LogP) is 2.29. The minimum Gasteiger partial charge on any atom is -0.480 e. The lowest BCUT2D eigenvalue weighted by Crippen LogP contribution is -2.50. The number of carbonyl (C=O) groups is 1. The van der Waals surface area contributed by atoms with E-state index in [2.05, 4.69) is 0 Å². The average molecular weight is 242 g/mol. The van der Waals surface area contributed by atoms with E-state index in [4.69, 9.17) is 11.6 Å². The molecule has 0 aliphatic carbocycles. The number of benzene rings is 1. The van der Waals surface area contributed by atoms with Crippen molar-refractivity contribution >= 4 is 17.6 Å². The fourth-order valence-corrected chi connectivity index (χ4v) is 1.55. The molecular weight excluding hydrogens is 226 g/mol. The molecule has 0 fully saturated rings. The lowest BCUT2D eigenvalue weighted by molar-refractivity contribution is -0.148. The molecule has 3 nitrogen and oxygen atoms in total. The maximum absolute atomic E-state index is 11.3. The van der Waals surface area contributed by atoms with Crippen molar-refractivity contribution < 1.29 is 9.90 Å². The van der Waals surface area contributed by atoms with Gasteiger partial charge < -0.3 is 5.11 Å². The Kier molecular flexibility index (Phi) is 3.94. The molecule has 1 rings (SSSR count). The van der Waals surface area contributed by atoms with Gasteiger partial charge in [-0.2, -0.15) is 0 Å². The van der Waals surface area contributed by atoms with Crippen LogP contribution in [0.3, 0.4) is 0 Å². The Morgan fingerprint density at radius 1 is 1.38 bits per heavy atom. The smallest absolute Gasteiger partial charge is 0.324 e. The fourth-order valence-electron chi connectivity index (χ4n) is 1.42. The third-order valence-electron chi connectivity index (χ3n) is 2.91. The quantitative estimate of drug-likeness (QED) is 0.879. The highest BCUT2D eigenvalue weighted by atomic mass is 35.5. The molecule has 0 saturated carbocycles. The van der Waals surface area contributed by atoms with Crippen LogP contribution in [0.5, 0.6) is 0 Å². The minimum absolute atomic E-state index is 0.451. The summed E-state index contributed by atoms with van der Waals surface area (Å²) >= 11 is 5.78. The first-order chi connectivity index (χ1) is 7.36. The third kappa shape index (κ3) is 2.74. The lowest BCUT2D eigenvalue weighted by Gasteiger charge is -2.32. The summed E-state index contributed by atoms with van der Waals surface area (Å²) in [6.07, 6.45) is 0.451. The lowest BCUT2D eigenvalue weighted by atomic mass is 9.92. The Labute approximate surface area is 101 Å². The van der Waals surface area contributed by atoms with Crippen molar-refractivity contribution in [2.24, 2.45) is 0 Å². The van der Waals surface area contributed by atoms with Crippen molar-refractivity contribution in [3.05, 3.63) is 34.9 Å². The van der Waals surface area contributed by atoms with Crippen LogP contribution in [0.4, 0.5) is 0 Å². The number of carboxylic acids is 1. The molecule has 16 heavy (non-hydrogen) atoms. The second-order valence-corrected chi connectivity index (χ2v) is 4.71. The number of hydrogen-bond acceptors (Lipinski definition) is 2. The number of rotatable bonds is 4. The highest BCUT2D eigenvalue weighted by molar-refractivity contribution is 6.30. The van der Waals surface area contributed by atoms with Crippen LogP contribution in [0.2, 0.25) is 5.02 Å². The van der Waals surface area contributed by atoms with E-state index in [1.807, 2.05) is 12.1 Å². The molecule has 1 atom stereocenters. The van der Waals surface area contributed by atoms with Crippen molar-refractivity contribution in [3.63, 3.8) is 0 Å². The number of hydrogen-bond donors (Lipinski definition) is 1. The molecule has 1 unspecified atom stereocenters. The second kappa shape index (κ2) is 4.85. The summed E-state index contributed by atoms with van der Waals surface area (Å²) in [6.45, 7) is 1.71. The van der Waals surface area contributed by atoms with Gasteiger partial charge in [0.2, 0.25) is 0 Å². The van der Waals surface area contributed by atoms with Gasteiger partial charge in [-0.15, -0.1) is 0 Å². The molecular formula is C12H16ClNO2. The minimum atomic E-state index is -0.895. The van der Waals surface area contributed by atoms with Crippen LogP contribution in [0.15, 0.2) is 24.3 Å². The van der Waals surface area contributed by atoms with Crippen LogP contribution in [-0.2, 0) is 11.2 Å². The summed E-state index contributed by atoms with van der Waals surface area (Å²) in [5.41, 5.74) is 0.0661. The van der Waals surface area contributed by atoms with E-state index >= 15 is 0 Å². The van der Waals surface area contributed by atoms with E-state index in [-0.39, 0.29) is 0 Å². The predicted molar refractivity (Wildman–Crippen MR) is 64.9 cm³/mol. The third-order valence-corrected chi connectivity index (χ3v) is 3.16. The number of aliphatic carboxylic acids is 1. The van der Waals surface area contributed by atoms with Gasteiger partial charge in [-0.05, 0) is 38.7 Å². The zero-order valence-electron chi connectivity index (χ0n) is 9.70. The van der Waals surface area contributed by atoms with Gasteiger partial charge >= 0.3 is 5.97 Å². The maximum Gasteiger partial charge on any atom is 0.324 e. The van der Waals surface area contributed by atoms with Crippen LogP contribution in [0.1, 0.15) is 12.5 Å². The Hall–Kier alpha value is -1.06. The molecule has 0 radical (unpaired) electrons. The standard InChI is InChI=1S/C12H16ClNO2/c1-12(11(15)16,14(2)3)8-9-4-6-10(13)7-5-9/h4-7H,8H2,1-3H3,(H,15,16). The molecule has 0 amide bonds. The molecule has 1 aromatic rings. The number of likely N-dealkylation sites (N-methyl/N-ethyl adjacent to an activating group) is 1. The van der Waals surface area contributed by atoms with E-state index in [0.717, 1.165) is 5.56 Å². The van der Waals surface area contributed by atoms with Gasteiger partial charge in [0, 0.05) is 11.4 Å². The highest BCUT2D eigenvalue weighted by Crippen LogP contribution is 2.20. The van der Waals surface area contributed by atoms with Gasteiger partial charge in [-0.3, -0.25) is 9.69 Å². The fraction of sp³-hybridized carbons (Fsp3) is 0.417. The van der Waals surface area contributed by atoms with Crippen LogP contribution < -0.4 is 0 Å². The van der Waals surface area contributed by atoms with Gasteiger partial charge in [0.25, 0.3) is 0 Å². The summed E-state index contributed by atoms with van der Waals surface area (Å²) in [6, 6.07) is 7.25. The molecule has 4 heteroatoms. The van der Waals surface area contributed by atoms with E-state index in [1.54, 1.807) is 38.1 Å². The van der Waals surface area contributed by atoms with Crippen molar-refractivity contribution in [1.29, 1.82) is 0 Å². The summed E-state index contributed by atoms with van der Waals surface area (Å²) in [7, 11) is 3.54. The first kappa shape index (κ1) is 13.0. The monoisotopic (exact) mass is 241 g/mol. The van der Waals surface area contributed by atoms with Gasteiger partial charge in [-0.1, -0.05) is 23.7 Å². The van der Waals surface area contributed by atoms with Crippen molar-refractivity contribution in [2.75, 3.05) is 14.1 Å². The Morgan fingerprint density at radius 2 is 1.88 bits per heavy atom. The Bertz CT molecular complexity index is 375. The number of nitrogens with zero attached hydrogens (tertiary/aromatic N) is 1. The molecule has 88 valence electrons. The maximum atomic E-state index is 11.3. The van der Waals surface area contributed by atoms with Crippen molar-refractivity contribution in [1.82, 2.24) is 4.90 Å². The molecule has 0 saturated heterocycles. The number of carboxylic acid groups (broad SMARTS) is 1. The molecule has 1 aromatic carbocycles. The molecule has 0 aliphatic heterocycles. The van der Waals surface area contributed by atoms with Gasteiger partial charge in [0.1, 0.15) is 5.54 Å². The molecule has 0 aromatic heterocycles. The van der Waals surface area contributed by atoms with Crippen LogP contribution >= 0.6 is 11.6 Å².